The topological polar surface area (TPSA) is 117 Å². The molecule has 184 valence electrons. The van der Waals surface area contributed by atoms with Crippen molar-refractivity contribution >= 4 is 44.9 Å². The van der Waals surface area contributed by atoms with E-state index in [4.69, 9.17) is 9.15 Å². The zero-order valence-electron chi connectivity index (χ0n) is 19.3. The van der Waals surface area contributed by atoms with E-state index in [9.17, 15) is 24.6 Å². The van der Waals surface area contributed by atoms with Crippen LogP contribution < -0.4 is 0 Å². The predicted molar refractivity (Wildman–Crippen MR) is 132 cm³/mol. The normalized spacial score (nSPS) is 14.7. The smallest absolute Gasteiger partial charge is 0.478 e. The Morgan fingerprint density at radius 3 is 2.49 bits per heavy atom. The summed E-state index contributed by atoms with van der Waals surface area (Å²) in [7, 11) is 0. The van der Waals surface area contributed by atoms with Crippen LogP contribution in [0.2, 0.25) is 0 Å². The Bertz CT molecular complexity index is 1280. The average Bonchev–Trinajstić information content (AvgIpc) is 3.42. The number of halogens is 1. The molecule has 1 aliphatic carbocycles. The number of rotatable bonds is 8. The van der Waals surface area contributed by atoms with Gasteiger partial charge in [-0.1, -0.05) is 31.2 Å². The van der Waals surface area contributed by atoms with E-state index in [-0.39, 0.29) is 31.0 Å². The number of furan rings is 1. The number of aromatic carboxylic acids is 1. The first-order chi connectivity index (χ1) is 16.7. The van der Waals surface area contributed by atoms with Crippen molar-refractivity contribution in [3.63, 3.8) is 0 Å². The highest BCUT2D eigenvalue weighted by Gasteiger charge is 2.40. The van der Waals surface area contributed by atoms with E-state index < -0.39 is 17.7 Å². The van der Waals surface area contributed by atoms with Crippen LogP contribution in [0.1, 0.15) is 54.9 Å². The Labute approximate surface area is 210 Å². The summed E-state index contributed by atoms with van der Waals surface area (Å²) in [6.45, 7) is 2.26. The number of carboxylic acid groups (broad SMARTS) is 2. The van der Waals surface area contributed by atoms with Crippen LogP contribution in [0.5, 0.6) is 0 Å². The molecule has 8 nitrogen and oxygen atoms in total. The molecule has 3 aromatic rings. The second kappa shape index (κ2) is 10.1. The maximum absolute atomic E-state index is 12.8. The fourth-order valence-electron chi connectivity index (χ4n) is 4.77. The molecule has 0 aliphatic heterocycles. The van der Waals surface area contributed by atoms with E-state index in [1.54, 1.807) is 36.1 Å². The van der Waals surface area contributed by atoms with Gasteiger partial charge in [0.15, 0.2) is 0 Å². The van der Waals surface area contributed by atoms with Crippen LogP contribution in [-0.4, -0.2) is 45.3 Å². The van der Waals surface area contributed by atoms with Crippen molar-refractivity contribution in [3.05, 3.63) is 58.1 Å². The molecular formula is C26H26BrNO7. The number of fused-ring (bicyclic) bond motifs is 1. The molecule has 0 bridgehead atoms. The Hall–Kier alpha value is -3.33. The molecule has 1 amide bonds. The number of nitrogens with zero attached hydrogens (tertiary/aromatic N) is 1. The van der Waals surface area contributed by atoms with Gasteiger partial charge in [-0.15, -0.1) is 0 Å². The number of hydrogen-bond acceptors (Lipinski definition) is 5. The largest absolute Gasteiger partial charge is 0.506 e. The lowest BCUT2D eigenvalue weighted by atomic mass is 10.0. The zero-order chi connectivity index (χ0) is 25.2. The van der Waals surface area contributed by atoms with Crippen LogP contribution >= 0.6 is 15.9 Å². The zero-order valence-corrected chi connectivity index (χ0v) is 20.8. The number of amides is 1. The molecule has 35 heavy (non-hydrogen) atoms. The van der Waals surface area contributed by atoms with Crippen molar-refractivity contribution in [1.29, 1.82) is 0 Å². The van der Waals surface area contributed by atoms with E-state index >= 15 is 0 Å². The van der Waals surface area contributed by atoms with Crippen molar-refractivity contribution in [2.24, 2.45) is 0 Å². The molecule has 1 aromatic heterocycles. The van der Waals surface area contributed by atoms with Crippen LogP contribution in [0.25, 0.3) is 22.3 Å². The molecule has 0 atom stereocenters. The van der Waals surface area contributed by atoms with Crippen LogP contribution in [0, 0.1) is 0 Å². The Morgan fingerprint density at radius 1 is 1.11 bits per heavy atom. The van der Waals surface area contributed by atoms with Gasteiger partial charge >= 0.3 is 12.1 Å². The quantitative estimate of drug-likeness (QED) is 0.319. The first-order valence-electron chi connectivity index (χ1n) is 11.5. The number of carbonyl (C=O) groups is 3. The van der Waals surface area contributed by atoms with Gasteiger partial charge in [0.1, 0.15) is 16.9 Å². The van der Waals surface area contributed by atoms with Crippen molar-refractivity contribution < 1.29 is 33.8 Å². The summed E-state index contributed by atoms with van der Waals surface area (Å²) in [6.07, 6.45) is 1.86. The van der Waals surface area contributed by atoms with Gasteiger partial charge in [0.05, 0.1) is 16.6 Å². The van der Waals surface area contributed by atoms with Crippen molar-refractivity contribution in [2.75, 3.05) is 6.54 Å². The highest BCUT2D eigenvalue weighted by molar-refractivity contribution is 9.10. The van der Waals surface area contributed by atoms with E-state index in [1.807, 2.05) is 12.1 Å². The summed E-state index contributed by atoms with van der Waals surface area (Å²) in [5.74, 6) is -0.726. The van der Waals surface area contributed by atoms with Crippen LogP contribution in [0.15, 0.2) is 51.4 Å². The highest BCUT2D eigenvalue weighted by Crippen LogP contribution is 2.40. The number of hydrogen-bond donors (Lipinski definition) is 2. The second-order valence-electron chi connectivity index (χ2n) is 8.79. The van der Waals surface area contributed by atoms with Crippen LogP contribution in [0.3, 0.4) is 0 Å². The van der Waals surface area contributed by atoms with Crippen molar-refractivity contribution in [2.45, 2.75) is 51.2 Å². The minimum Gasteiger partial charge on any atom is -0.478 e. The lowest BCUT2D eigenvalue weighted by Crippen LogP contribution is -2.46. The lowest BCUT2D eigenvalue weighted by molar-refractivity contribution is -0.136. The maximum Gasteiger partial charge on any atom is 0.506 e. The highest BCUT2D eigenvalue weighted by atomic mass is 79.9. The maximum atomic E-state index is 12.8. The van der Waals surface area contributed by atoms with Crippen molar-refractivity contribution in [1.82, 2.24) is 4.90 Å². The minimum atomic E-state index is -1.33. The summed E-state index contributed by atoms with van der Waals surface area (Å²) in [5.41, 5.74) is 1.12. The molecule has 0 radical (unpaired) electrons. The summed E-state index contributed by atoms with van der Waals surface area (Å²) in [6, 6.07) is 12.2. The molecule has 0 unspecified atom stereocenters. The lowest BCUT2D eigenvalue weighted by Gasteiger charge is -2.34. The Kier molecular flexibility index (Phi) is 7.16. The van der Waals surface area contributed by atoms with Gasteiger partial charge in [-0.3, -0.25) is 4.79 Å². The molecule has 2 aromatic carbocycles. The summed E-state index contributed by atoms with van der Waals surface area (Å²) in [4.78, 5) is 37.5. The number of carboxylic acids is 1. The third kappa shape index (κ3) is 5.19. The summed E-state index contributed by atoms with van der Waals surface area (Å²) < 4.78 is 11.9. The van der Waals surface area contributed by atoms with Gasteiger partial charge in [0, 0.05) is 23.9 Å². The second-order valence-corrected chi connectivity index (χ2v) is 9.58. The average molecular weight is 544 g/mol. The number of ether oxygens (including phenoxy) is 1. The molecule has 1 aliphatic rings. The summed E-state index contributed by atoms with van der Waals surface area (Å²) >= 11 is 3.57. The van der Waals surface area contributed by atoms with Gasteiger partial charge in [-0.05, 0) is 65.4 Å². The van der Waals surface area contributed by atoms with Gasteiger partial charge in [-0.25, -0.2) is 9.59 Å². The molecule has 0 spiro atoms. The molecule has 1 saturated carbocycles. The molecule has 0 saturated heterocycles. The van der Waals surface area contributed by atoms with E-state index in [0.717, 1.165) is 23.8 Å². The number of carbonyl (C=O) groups excluding carboxylic acids is 1. The van der Waals surface area contributed by atoms with Gasteiger partial charge < -0.3 is 24.3 Å². The standard InChI is InChI=1S/C26H26BrNO7/c1-2-21(29)28(15-26(35-25(32)33)11-5-6-12-26)14-16-9-10-20-19(13-16)22(27)23(34-20)17-7-3-4-8-18(17)24(30)31/h3-4,7-10,13H,2,5-6,11-12,14-15H2,1H3,(H,30,31)(H,32,33). The van der Waals surface area contributed by atoms with Gasteiger partial charge in [-0.2, -0.15) is 0 Å². The SMILES string of the molecule is CCC(=O)N(Cc1ccc2oc(-c3ccccc3C(=O)O)c(Br)c2c1)CC1(OC(=O)O)CCCC1. The van der Waals surface area contributed by atoms with E-state index in [2.05, 4.69) is 15.9 Å². The third-order valence-corrected chi connectivity index (χ3v) is 7.21. The fraction of sp³-hybridized carbons (Fsp3) is 0.346. The Balaban J connectivity index is 1.66. The molecule has 2 N–H and O–H groups in total. The van der Waals surface area contributed by atoms with Gasteiger partial charge in [0.2, 0.25) is 5.91 Å². The van der Waals surface area contributed by atoms with Gasteiger partial charge in [0.25, 0.3) is 0 Å². The molecule has 1 fully saturated rings. The first-order valence-corrected chi connectivity index (χ1v) is 12.3. The first kappa shape index (κ1) is 24.8. The monoisotopic (exact) mass is 543 g/mol. The molecule has 1 heterocycles. The van der Waals surface area contributed by atoms with Crippen LogP contribution in [0.4, 0.5) is 4.79 Å². The third-order valence-electron chi connectivity index (χ3n) is 6.42. The van der Waals surface area contributed by atoms with E-state index in [1.165, 1.54) is 6.07 Å². The fourth-order valence-corrected chi connectivity index (χ4v) is 5.38. The van der Waals surface area contributed by atoms with Crippen molar-refractivity contribution in [3.8, 4) is 11.3 Å². The van der Waals surface area contributed by atoms with E-state index in [0.29, 0.717) is 34.2 Å². The number of benzene rings is 2. The summed E-state index contributed by atoms with van der Waals surface area (Å²) in [5, 5.41) is 19.6. The van der Waals surface area contributed by atoms with Crippen LogP contribution in [-0.2, 0) is 16.1 Å². The predicted octanol–water partition coefficient (Wildman–Crippen LogP) is 6.31. The minimum absolute atomic E-state index is 0.0901. The Morgan fingerprint density at radius 2 is 1.83 bits per heavy atom. The molecular weight excluding hydrogens is 518 g/mol. The molecule has 4 rings (SSSR count). The molecule has 9 heteroatoms.